The van der Waals surface area contributed by atoms with Gasteiger partial charge in [0, 0.05) is 12.2 Å². The number of aromatic nitrogens is 3. The maximum atomic E-state index is 13.5. The molecule has 0 fully saturated rings. The highest BCUT2D eigenvalue weighted by Crippen LogP contribution is 2.30. The van der Waals surface area contributed by atoms with Crippen LogP contribution in [0.1, 0.15) is 45.2 Å². The Labute approximate surface area is 146 Å². The third kappa shape index (κ3) is 5.57. The molecule has 0 saturated heterocycles. The third-order valence-electron chi connectivity index (χ3n) is 4.08. The molecule has 25 heavy (non-hydrogen) atoms. The molecule has 7 heteroatoms. The van der Waals surface area contributed by atoms with Gasteiger partial charge in [-0.05, 0) is 36.5 Å². The minimum Gasteiger partial charge on any atom is -0.390 e. The Bertz CT molecular complexity index is 657. The molecule has 0 aliphatic carbocycles. The molecule has 138 valence electrons. The minimum atomic E-state index is -0.602. The number of ether oxygens (including phenoxy) is 1. The van der Waals surface area contributed by atoms with Crippen LogP contribution in [0.2, 0.25) is 0 Å². The van der Waals surface area contributed by atoms with Crippen LogP contribution in [0.3, 0.4) is 0 Å². The number of aliphatic hydroxyl groups excluding tert-OH is 1. The second-order valence-electron chi connectivity index (χ2n) is 7.18. The van der Waals surface area contributed by atoms with E-state index in [4.69, 9.17) is 4.74 Å². The van der Waals surface area contributed by atoms with Crippen LogP contribution in [0.5, 0.6) is 0 Å². The van der Waals surface area contributed by atoms with Crippen molar-refractivity contribution < 1.29 is 18.6 Å². The van der Waals surface area contributed by atoms with E-state index in [-0.39, 0.29) is 23.6 Å². The molecule has 0 radical (unpaired) electrons. The highest BCUT2D eigenvalue weighted by molar-refractivity contribution is 5.17. The molecule has 0 aliphatic rings. The van der Waals surface area contributed by atoms with Crippen LogP contribution in [0.25, 0.3) is 0 Å². The fourth-order valence-corrected chi connectivity index (χ4v) is 2.63. The summed E-state index contributed by atoms with van der Waals surface area (Å²) in [5.41, 5.74) is -0.107. The van der Waals surface area contributed by atoms with Crippen molar-refractivity contribution in [2.24, 2.45) is 5.41 Å². The maximum absolute atomic E-state index is 13.5. The van der Waals surface area contributed by atoms with Crippen molar-refractivity contribution in [3.8, 4) is 0 Å². The Kier molecular flexibility index (Phi) is 6.61. The molecule has 5 nitrogen and oxygen atoms in total. The van der Waals surface area contributed by atoms with Gasteiger partial charge in [-0.1, -0.05) is 20.8 Å². The third-order valence-corrected chi connectivity index (χ3v) is 4.08. The van der Waals surface area contributed by atoms with Crippen LogP contribution in [-0.4, -0.2) is 32.6 Å². The van der Waals surface area contributed by atoms with Gasteiger partial charge in [-0.25, -0.2) is 18.4 Å². The van der Waals surface area contributed by atoms with E-state index in [1.54, 1.807) is 11.0 Å². The van der Waals surface area contributed by atoms with Crippen LogP contribution in [0.15, 0.2) is 30.9 Å². The zero-order chi connectivity index (χ0) is 18.4. The molecule has 2 unspecified atom stereocenters. The van der Waals surface area contributed by atoms with Crippen LogP contribution in [0.4, 0.5) is 8.78 Å². The standard InChI is InChI=1S/C18H25F2N3O2/c1-18(2,3)17(24)16(23-12-21-11-22-23)5-4-8-25-10-13-9-14(19)6-7-15(13)20/h6-7,9,11-12,16-17,24H,4-5,8,10H2,1-3H3. The number of benzene rings is 1. The molecule has 0 bridgehead atoms. The first kappa shape index (κ1) is 19.5. The van der Waals surface area contributed by atoms with Crippen molar-refractivity contribution in [1.29, 1.82) is 0 Å². The molecule has 1 heterocycles. The van der Waals surface area contributed by atoms with Crippen LogP contribution in [0, 0.1) is 17.0 Å². The lowest BCUT2D eigenvalue weighted by molar-refractivity contribution is 0.00494. The lowest BCUT2D eigenvalue weighted by atomic mass is 9.83. The molecule has 2 atom stereocenters. The molecule has 0 saturated carbocycles. The minimum absolute atomic E-state index is 0.0133. The average Bonchev–Trinajstić information content (AvgIpc) is 3.06. The predicted molar refractivity (Wildman–Crippen MR) is 89.8 cm³/mol. The summed E-state index contributed by atoms with van der Waals surface area (Å²) in [5.74, 6) is -0.968. The number of hydrogen-bond donors (Lipinski definition) is 1. The fraction of sp³-hybridized carbons (Fsp3) is 0.556. The van der Waals surface area contributed by atoms with E-state index in [0.717, 1.165) is 18.2 Å². The second kappa shape index (κ2) is 8.49. The summed E-state index contributed by atoms with van der Waals surface area (Å²) in [6.07, 6.45) is 3.70. The van der Waals surface area contributed by atoms with Crippen molar-refractivity contribution in [2.45, 2.75) is 52.4 Å². The topological polar surface area (TPSA) is 60.2 Å². The maximum Gasteiger partial charge on any atom is 0.137 e. The van der Waals surface area contributed by atoms with E-state index in [9.17, 15) is 13.9 Å². The van der Waals surface area contributed by atoms with E-state index in [2.05, 4.69) is 10.1 Å². The Morgan fingerprint density at radius 3 is 2.68 bits per heavy atom. The van der Waals surface area contributed by atoms with Gasteiger partial charge in [-0.3, -0.25) is 0 Å². The first-order chi connectivity index (χ1) is 11.8. The molecule has 0 amide bonds. The van der Waals surface area contributed by atoms with E-state index in [1.165, 1.54) is 6.33 Å². The lowest BCUT2D eigenvalue weighted by Gasteiger charge is -2.33. The Morgan fingerprint density at radius 2 is 2.04 bits per heavy atom. The summed E-state index contributed by atoms with van der Waals surface area (Å²) in [7, 11) is 0. The first-order valence-electron chi connectivity index (χ1n) is 8.33. The Morgan fingerprint density at radius 1 is 1.28 bits per heavy atom. The second-order valence-corrected chi connectivity index (χ2v) is 7.18. The van der Waals surface area contributed by atoms with E-state index in [1.807, 2.05) is 20.8 Å². The normalized spacial score (nSPS) is 14.5. The summed E-state index contributed by atoms with van der Waals surface area (Å²) in [4.78, 5) is 3.94. The summed E-state index contributed by atoms with van der Waals surface area (Å²) < 4.78 is 33.8. The predicted octanol–water partition coefficient (Wildman–Crippen LogP) is 3.50. The van der Waals surface area contributed by atoms with Crippen LogP contribution >= 0.6 is 0 Å². The molecule has 1 aromatic heterocycles. The van der Waals surface area contributed by atoms with Gasteiger partial charge >= 0.3 is 0 Å². The number of rotatable bonds is 8. The van der Waals surface area contributed by atoms with Gasteiger partial charge in [-0.2, -0.15) is 5.10 Å². The monoisotopic (exact) mass is 353 g/mol. The van der Waals surface area contributed by atoms with Gasteiger partial charge < -0.3 is 9.84 Å². The van der Waals surface area contributed by atoms with Gasteiger partial charge in [0.15, 0.2) is 0 Å². The number of halogens is 2. The Balaban J connectivity index is 1.86. The van der Waals surface area contributed by atoms with Crippen molar-refractivity contribution >= 4 is 0 Å². The lowest BCUT2D eigenvalue weighted by Crippen LogP contribution is -2.36. The van der Waals surface area contributed by atoms with Crippen LogP contribution in [-0.2, 0) is 11.3 Å². The van der Waals surface area contributed by atoms with Crippen LogP contribution < -0.4 is 0 Å². The molecule has 2 aromatic rings. The highest BCUT2D eigenvalue weighted by atomic mass is 19.1. The Hall–Kier alpha value is -1.86. The van der Waals surface area contributed by atoms with Crippen molar-refractivity contribution in [1.82, 2.24) is 14.8 Å². The molecule has 2 rings (SSSR count). The van der Waals surface area contributed by atoms with Gasteiger partial charge in [0.05, 0.1) is 18.8 Å². The van der Waals surface area contributed by atoms with Gasteiger partial charge in [0.25, 0.3) is 0 Å². The largest absolute Gasteiger partial charge is 0.390 e. The van der Waals surface area contributed by atoms with Gasteiger partial charge in [0.2, 0.25) is 0 Å². The van der Waals surface area contributed by atoms with Crippen molar-refractivity contribution in [3.63, 3.8) is 0 Å². The summed E-state index contributed by atoms with van der Waals surface area (Å²) in [5, 5.41) is 14.7. The molecule has 0 spiro atoms. The fourth-order valence-electron chi connectivity index (χ4n) is 2.63. The zero-order valence-electron chi connectivity index (χ0n) is 14.8. The SMILES string of the molecule is CC(C)(C)C(O)C(CCCOCc1cc(F)ccc1F)n1cncn1. The highest BCUT2D eigenvalue weighted by Gasteiger charge is 2.31. The molecular weight excluding hydrogens is 328 g/mol. The van der Waals surface area contributed by atoms with Gasteiger partial charge in [0.1, 0.15) is 24.3 Å². The molecular formula is C18H25F2N3O2. The number of hydrogen-bond acceptors (Lipinski definition) is 4. The van der Waals surface area contributed by atoms with Crippen molar-refractivity contribution in [2.75, 3.05) is 6.61 Å². The number of nitrogens with zero attached hydrogens (tertiary/aromatic N) is 3. The molecule has 1 aromatic carbocycles. The first-order valence-corrected chi connectivity index (χ1v) is 8.33. The molecule has 0 aliphatic heterocycles. The quantitative estimate of drug-likeness (QED) is 0.738. The van der Waals surface area contributed by atoms with Gasteiger partial charge in [-0.15, -0.1) is 0 Å². The van der Waals surface area contributed by atoms with E-state index >= 15 is 0 Å². The smallest absolute Gasteiger partial charge is 0.137 e. The average molecular weight is 353 g/mol. The molecule has 1 N–H and O–H groups in total. The summed E-state index contributed by atoms with van der Waals surface area (Å²) in [6.45, 7) is 6.28. The summed E-state index contributed by atoms with van der Waals surface area (Å²) in [6, 6.07) is 3.08. The summed E-state index contributed by atoms with van der Waals surface area (Å²) >= 11 is 0. The number of aliphatic hydroxyl groups is 1. The van der Waals surface area contributed by atoms with E-state index in [0.29, 0.717) is 19.4 Å². The van der Waals surface area contributed by atoms with Crippen molar-refractivity contribution in [3.05, 3.63) is 48.1 Å². The van der Waals surface area contributed by atoms with E-state index < -0.39 is 17.7 Å². The zero-order valence-corrected chi connectivity index (χ0v) is 14.8.